The summed E-state index contributed by atoms with van der Waals surface area (Å²) in [7, 11) is -3.27. The fourth-order valence-electron chi connectivity index (χ4n) is 5.23. The molecule has 3 heterocycles. The minimum absolute atomic E-state index is 0.0888. The number of sulfone groups is 1. The molecule has 3 aliphatic rings. The SMILES string of the molecule is Cc1c(CC(=O)NC2C=CS(=O)(=O)C2)c(=O)oc2cc3c(cc12)CCC1(CCCCC1)O3. The summed E-state index contributed by atoms with van der Waals surface area (Å²) in [5.41, 5.74) is 1.93. The van der Waals surface area contributed by atoms with Crippen molar-refractivity contribution in [2.24, 2.45) is 0 Å². The van der Waals surface area contributed by atoms with Crippen LogP contribution in [0.3, 0.4) is 0 Å². The molecule has 1 aliphatic carbocycles. The quantitative estimate of drug-likeness (QED) is 0.711. The maximum absolute atomic E-state index is 12.7. The number of ether oxygens (including phenoxy) is 1. The number of benzene rings is 1. The minimum Gasteiger partial charge on any atom is -0.487 e. The van der Waals surface area contributed by atoms with Crippen molar-refractivity contribution in [3.05, 3.63) is 50.7 Å². The summed E-state index contributed by atoms with van der Waals surface area (Å²) in [6.45, 7) is 1.82. The molecule has 5 rings (SSSR count). The molecule has 1 aromatic heterocycles. The summed E-state index contributed by atoms with van der Waals surface area (Å²) in [6.07, 6.45) is 8.97. The second-order valence-electron chi connectivity index (χ2n) is 9.30. The van der Waals surface area contributed by atoms with E-state index >= 15 is 0 Å². The molecule has 8 heteroatoms. The largest absolute Gasteiger partial charge is 0.487 e. The van der Waals surface area contributed by atoms with E-state index in [4.69, 9.17) is 9.15 Å². The molecule has 0 bridgehead atoms. The van der Waals surface area contributed by atoms with Crippen molar-refractivity contribution < 1.29 is 22.4 Å². The van der Waals surface area contributed by atoms with Gasteiger partial charge in [0.1, 0.15) is 16.9 Å². The molecule has 1 N–H and O–H groups in total. The predicted molar refractivity (Wildman–Crippen MR) is 121 cm³/mol. The van der Waals surface area contributed by atoms with Crippen molar-refractivity contribution in [3.8, 4) is 5.75 Å². The van der Waals surface area contributed by atoms with Crippen LogP contribution in [-0.4, -0.2) is 31.7 Å². The summed E-state index contributed by atoms with van der Waals surface area (Å²) in [6, 6.07) is 3.27. The van der Waals surface area contributed by atoms with Gasteiger partial charge in [0.15, 0.2) is 9.84 Å². The fourth-order valence-corrected chi connectivity index (χ4v) is 6.47. The van der Waals surface area contributed by atoms with Crippen LogP contribution in [0.25, 0.3) is 11.0 Å². The lowest BCUT2D eigenvalue weighted by Crippen LogP contribution is -2.41. The number of hydrogen-bond acceptors (Lipinski definition) is 6. The number of carbonyl (C=O) groups excluding carboxylic acids is 1. The third-order valence-electron chi connectivity index (χ3n) is 7.02. The number of fused-ring (bicyclic) bond motifs is 2. The van der Waals surface area contributed by atoms with Gasteiger partial charge < -0.3 is 14.5 Å². The Balaban J connectivity index is 1.41. The number of amides is 1. The topological polar surface area (TPSA) is 103 Å². The van der Waals surface area contributed by atoms with Crippen molar-refractivity contribution in [1.29, 1.82) is 0 Å². The van der Waals surface area contributed by atoms with Gasteiger partial charge >= 0.3 is 5.63 Å². The Morgan fingerprint density at radius 1 is 1.19 bits per heavy atom. The summed E-state index contributed by atoms with van der Waals surface area (Å²) >= 11 is 0. The van der Waals surface area contributed by atoms with Crippen molar-refractivity contribution >= 4 is 26.7 Å². The van der Waals surface area contributed by atoms with Gasteiger partial charge in [-0.3, -0.25) is 4.79 Å². The van der Waals surface area contributed by atoms with E-state index in [0.29, 0.717) is 16.7 Å². The van der Waals surface area contributed by atoms with Crippen LogP contribution in [0.15, 0.2) is 32.8 Å². The van der Waals surface area contributed by atoms with Gasteiger partial charge in [-0.25, -0.2) is 13.2 Å². The van der Waals surface area contributed by atoms with Gasteiger partial charge in [-0.15, -0.1) is 0 Å². The molecule has 170 valence electrons. The number of nitrogens with one attached hydrogen (secondary N) is 1. The predicted octanol–water partition coefficient (Wildman–Crippen LogP) is 3.10. The molecule has 2 aliphatic heterocycles. The molecule has 7 nitrogen and oxygen atoms in total. The molecule has 1 fully saturated rings. The van der Waals surface area contributed by atoms with Crippen LogP contribution in [-0.2, 0) is 27.5 Å². The summed E-state index contributed by atoms with van der Waals surface area (Å²) in [4.78, 5) is 25.2. The third kappa shape index (κ3) is 3.96. The minimum atomic E-state index is -3.27. The van der Waals surface area contributed by atoms with Gasteiger partial charge in [0.25, 0.3) is 0 Å². The molecule has 1 saturated carbocycles. The van der Waals surface area contributed by atoms with Crippen molar-refractivity contribution in [2.45, 2.75) is 69.9 Å². The van der Waals surface area contributed by atoms with E-state index < -0.39 is 27.4 Å². The Hall–Kier alpha value is -2.61. The Bertz CT molecular complexity index is 1280. The number of hydrogen-bond donors (Lipinski definition) is 1. The average Bonchev–Trinajstić information content (AvgIpc) is 3.08. The molecule has 1 amide bonds. The van der Waals surface area contributed by atoms with Crippen LogP contribution in [0, 0.1) is 6.92 Å². The maximum atomic E-state index is 12.7. The van der Waals surface area contributed by atoms with Crippen LogP contribution in [0.5, 0.6) is 5.75 Å². The lowest BCUT2D eigenvalue weighted by molar-refractivity contribution is -0.120. The monoisotopic (exact) mass is 457 g/mol. The highest BCUT2D eigenvalue weighted by Gasteiger charge is 2.37. The van der Waals surface area contributed by atoms with Crippen molar-refractivity contribution in [2.75, 3.05) is 5.75 Å². The third-order valence-corrected chi connectivity index (χ3v) is 8.42. The Morgan fingerprint density at radius 2 is 1.97 bits per heavy atom. The van der Waals surface area contributed by atoms with Gasteiger partial charge in [-0.1, -0.05) is 6.42 Å². The maximum Gasteiger partial charge on any atom is 0.340 e. The van der Waals surface area contributed by atoms with E-state index in [1.54, 1.807) is 0 Å². The zero-order valence-electron chi connectivity index (χ0n) is 18.1. The van der Waals surface area contributed by atoms with E-state index in [2.05, 4.69) is 5.32 Å². The Kier molecular flexibility index (Phi) is 5.15. The smallest absolute Gasteiger partial charge is 0.340 e. The van der Waals surface area contributed by atoms with Crippen LogP contribution in [0.4, 0.5) is 0 Å². The fraction of sp³-hybridized carbons (Fsp3) is 0.500. The standard InChI is InChI=1S/C24H27NO6S/c1-15-18-11-16-5-9-24(7-3-2-4-8-24)31-20(16)13-21(18)30-23(27)19(15)12-22(26)25-17-6-10-32(28,29)14-17/h6,10-11,13,17H,2-5,7-9,12,14H2,1H3,(H,25,26). The van der Waals surface area contributed by atoms with Gasteiger partial charge in [0, 0.05) is 16.9 Å². The first kappa shape index (κ1) is 21.2. The van der Waals surface area contributed by atoms with Crippen LogP contribution in [0.2, 0.25) is 0 Å². The Labute approximate surface area is 186 Å². The first-order valence-corrected chi connectivity index (χ1v) is 12.9. The van der Waals surface area contributed by atoms with Gasteiger partial charge in [-0.05, 0) is 68.7 Å². The zero-order valence-corrected chi connectivity index (χ0v) is 18.9. The summed E-state index contributed by atoms with van der Waals surface area (Å²) in [5.74, 6) is 0.234. The van der Waals surface area contributed by atoms with Gasteiger partial charge in [0.05, 0.1) is 23.8 Å². The molecule has 1 aromatic carbocycles. The van der Waals surface area contributed by atoms with E-state index in [1.807, 2.05) is 19.1 Å². The second kappa shape index (κ2) is 7.76. The first-order chi connectivity index (χ1) is 15.2. The molecule has 32 heavy (non-hydrogen) atoms. The lowest BCUT2D eigenvalue weighted by Gasteiger charge is -2.41. The highest BCUT2D eigenvalue weighted by atomic mass is 32.2. The number of rotatable bonds is 3. The zero-order chi connectivity index (χ0) is 22.5. The number of carbonyl (C=O) groups is 1. The van der Waals surface area contributed by atoms with E-state index in [1.165, 1.54) is 25.3 Å². The van der Waals surface area contributed by atoms with Crippen LogP contribution in [0.1, 0.15) is 55.2 Å². The second-order valence-corrected chi connectivity index (χ2v) is 11.2. The lowest BCUT2D eigenvalue weighted by atomic mass is 9.79. The molecule has 0 radical (unpaired) electrons. The Morgan fingerprint density at radius 3 is 2.69 bits per heavy atom. The normalized spacial score (nSPS) is 23.1. The molecule has 1 unspecified atom stereocenters. The van der Waals surface area contributed by atoms with Gasteiger partial charge in [0.2, 0.25) is 5.91 Å². The van der Waals surface area contributed by atoms with Crippen LogP contribution >= 0.6 is 0 Å². The summed E-state index contributed by atoms with van der Waals surface area (Å²) < 4.78 is 35.1. The first-order valence-electron chi connectivity index (χ1n) is 11.2. The van der Waals surface area contributed by atoms with E-state index in [-0.39, 0.29) is 17.8 Å². The molecule has 0 saturated heterocycles. The van der Waals surface area contributed by atoms with Crippen molar-refractivity contribution in [3.63, 3.8) is 0 Å². The highest BCUT2D eigenvalue weighted by molar-refractivity contribution is 7.94. The van der Waals surface area contributed by atoms with Gasteiger partial charge in [-0.2, -0.15) is 0 Å². The molecule has 2 aromatic rings. The summed E-state index contributed by atoms with van der Waals surface area (Å²) in [5, 5.41) is 4.57. The van der Waals surface area contributed by atoms with Crippen molar-refractivity contribution in [1.82, 2.24) is 5.32 Å². The average molecular weight is 458 g/mol. The highest BCUT2D eigenvalue weighted by Crippen LogP contribution is 2.43. The molecular weight excluding hydrogens is 430 g/mol. The van der Waals surface area contributed by atoms with E-state index in [0.717, 1.165) is 47.8 Å². The number of aryl methyl sites for hydroxylation is 2. The van der Waals surface area contributed by atoms with Crippen LogP contribution < -0.4 is 15.7 Å². The molecular formula is C24H27NO6S. The van der Waals surface area contributed by atoms with E-state index in [9.17, 15) is 18.0 Å². The molecule has 1 atom stereocenters. The molecule has 1 spiro atoms.